The number of benzene rings is 2. The van der Waals surface area contributed by atoms with E-state index in [1.165, 1.54) is 18.4 Å². The standard InChI is InChI=1S/C18H20O2/c1-2-3-4-15-5-7-17(8-6-15)14-20-18-11-9-16(13-19)10-12-18/h5-13H,2-4,14H2,1H3. The first-order chi connectivity index (χ1) is 9.81. The van der Waals surface area contributed by atoms with Crippen molar-refractivity contribution in [3.63, 3.8) is 0 Å². The van der Waals surface area contributed by atoms with Crippen molar-refractivity contribution < 1.29 is 9.53 Å². The second-order valence-electron chi connectivity index (χ2n) is 4.90. The van der Waals surface area contributed by atoms with Crippen LogP contribution >= 0.6 is 0 Å². The van der Waals surface area contributed by atoms with Crippen molar-refractivity contribution in [2.45, 2.75) is 32.8 Å². The summed E-state index contributed by atoms with van der Waals surface area (Å²) in [5.74, 6) is 0.783. The lowest BCUT2D eigenvalue weighted by molar-refractivity contribution is 0.112. The van der Waals surface area contributed by atoms with Gasteiger partial charge in [-0.25, -0.2) is 0 Å². The third kappa shape index (κ3) is 4.23. The number of aldehydes is 1. The molecule has 0 aliphatic heterocycles. The summed E-state index contributed by atoms with van der Waals surface area (Å²) in [7, 11) is 0. The minimum atomic E-state index is 0.550. The van der Waals surface area contributed by atoms with Crippen LogP contribution in [0.4, 0.5) is 0 Å². The molecule has 0 radical (unpaired) electrons. The van der Waals surface area contributed by atoms with Gasteiger partial charge in [-0.05, 0) is 48.2 Å². The van der Waals surface area contributed by atoms with Gasteiger partial charge in [-0.15, -0.1) is 0 Å². The Labute approximate surface area is 120 Å². The van der Waals surface area contributed by atoms with Gasteiger partial charge in [-0.1, -0.05) is 37.6 Å². The van der Waals surface area contributed by atoms with Crippen LogP contribution in [0.5, 0.6) is 5.75 Å². The van der Waals surface area contributed by atoms with Gasteiger partial charge in [0.05, 0.1) is 0 Å². The lowest BCUT2D eigenvalue weighted by Gasteiger charge is -2.07. The van der Waals surface area contributed by atoms with Crippen LogP contribution in [0.15, 0.2) is 48.5 Å². The van der Waals surface area contributed by atoms with E-state index in [1.54, 1.807) is 12.1 Å². The molecule has 0 bridgehead atoms. The highest BCUT2D eigenvalue weighted by Gasteiger charge is 1.98. The molecule has 0 saturated carbocycles. The summed E-state index contributed by atoms with van der Waals surface area (Å²) in [6, 6.07) is 15.7. The summed E-state index contributed by atoms with van der Waals surface area (Å²) >= 11 is 0. The molecule has 0 aliphatic rings. The topological polar surface area (TPSA) is 26.3 Å². The summed E-state index contributed by atoms with van der Waals surface area (Å²) in [4.78, 5) is 10.6. The Morgan fingerprint density at radius 1 is 0.950 bits per heavy atom. The molecule has 0 atom stereocenters. The SMILES string of the molecule is CCCCc1ccc(COc2ccc(C=O)cc2)cc1. The first-order valence-corrected chi connectivity index (χ1v) is 7.07. The molecule has 2 aromatic rings. The molecule has 0 amide bonds. The van der Waals surface area contributed by atoms with E-state index in [2.05, 4.69) is 31.2 Å². The normalized spacial score (nSPS) is 10.2. The van der Waals surface area contributed by atoms with Gasteiger partial charge >= 0.3 is 0 Å². The maximum Gasteiger partial charge on any atom is 0.150 e. The molecule has 0 fully saturated rings. The van der Waals surface area contributed by atoms with Crippen molar-refractivity contribution in [2.75, 3.05) is 0 Å². The highest BCUT2D eigenvalue weighted by Crippen LogP contribution is 2.14. The van der Waals surface area contributed by atoms with Crippen molar-refractivity contribution in [3.8, 4) is 5.75 Å². The lowest BCUT2D eigenvalue weighted by atomic mass is 10.1. The Morgan fingerprint density at radius 3 is 2.20 bits per heavy atom. The molecule has 2 nitrogen and oxygen atoms in total. The summed E-state index contributed by atoms with van der Waals surface area (Å²) < 4.78 is 5.70. The maximum atomic E-state index is 10.6. The quantitative estimate of drug-likeness (QED) is 0.695. The Balaban J connectivity index is 1.88. The molecule has 20 heavy (non-hydrogen) atoms. The van der Waals surface area contributed by atoms with E-state index in [9.17, 15) is 4.79 Å². The predicted octanol–water partition coefficient (Wildman–Crippen LogP) is 4.42. The monoisotopic (exact) mass is 268 g/mol. The molecule has 0 unspecified atom stereocenters. The van der Waals surface area contributed by atoms with E-state index < -0.39 is 0 Å². The highest BCUT2D eigenvalue weighted by atomic mass is 16.5. The van der Waals surface area contributed by atoms with Gasteiger partial charge in [-0.2, -0.15) is 0 Å². The highest BCUT2D eigenvalue weighted by molar-refractivity contribution is 5.74. The molecular formula is C18H20O2. The second-order valence-corrected chi connectivity index (χ2v) is 4.90. The fourth-order valence-corrected chi connectivity index (χ4v) is 1.99. The number of hydrogen-bond donors (Lipinski definition) is 0. The molecule has 2 heteroatoms. The van der Waals surface area contributed by atoms with E-state index in [4.69, 9.17) is 4.74 Å². The second kappa shape index (κ2) is 7.49. The van der Waals surface area contributed by atoms with E-state index in [-0.39, 0.29) is 0 Å². The third-order valence-electron chi connectivity index (χ3n) is 3.26. The van der Waals surface area contributed by atoms with Crippen LogP contribution in [0.2, 0.25) is 0 Å². The zero-order valence-electron chi connectivity index (χ0n) is 11.8. The zero-order valence-corrected chi connectivity index (χ0v) is 11.8. The first-order valence-electron chi connectivity index (χ1n) is 7.07. The van der Waals surface area contributed by atoms with Crippen LogP contribution in [-0.4, -0.2) is 6.29 Å². The number of aryl methyl sites for hydroxylation is 1. The molecule has 104 valence electrons. The van der Waals surface area contributed by atoms with Gasteiger partial charge in [0.15, 0.2) is 0 Å². The maximum absolute atomic E-state index is 10.6. The average molecular weight is 268 g/mol. The van der Waals surface area contributed by atoms with E-state index >= 15 is 0 Å². The average Bonchev–Trinajstić information content (AvgIpc) is 2.52. The number of unbranched alkanes of at least 4 members (excludes halogenated alkanes) is 1. The summed E-state index contributed by atoms with van der Waals surface area (Å²) in [6.07, 6.45) is 4.43. The van der Waals surface area contributed by atoms with Crippen LogP contribution in [0.3, 0.4) is 0 Å². The van der Waals surface area contributed by atoms with Crippen molar-refractivity contribution >= 4 is 6.29 Å². The third-order valence-corrected chi connectivity index (χ3v) is 3.26. The van der Waals surface area contributed by atoms with E-state index in [1.807, 2.05) is 12.1 Å². The van der Waals surface area contributed by atoms with Crippen LogP contribution in [-0.2, 0) is 13.0 Å². The number of carbonyl (C=O) groups is 1. The zero-order chi connectivity index (χ0) is 14.2. The molecule has 2 aromatic carbocycles. The van der Waals surface area contributed by atoms with Gasteiger partial charge < -0.3 is 4.74 Å². The van der Waals surface area contributed by atoms with Gasteiger partial charge in [0.25, 0.3) is 0 Å². The fourth-order valence-electron chi connectivity index (χ4n) is 1.99. The summed E-state index contributed by atoms with van der Waals surface area (Å²) in [5, 5.41) is 0. The Bertz CT molecular complexity index is 526. The molecule has 0 N–H and O–H groups in total. The van der Waals surface area contributed by atoms with Gasteiger partial charge in [0.1, 0.15) is 18.6 Å². The Morgan fingerprint density at radius 2 is 1.60 bits per heavy atom. The molecular weight excluding hydrogens is 248 g/mol. The van der Waals surface area contributed by atoms with E-state index in [0.717, 1.165) is 24.0 Å². The number of ether oxygens (including phenoxy) is 1. The number of carbonyl (C=O) groups excluding carboxylic acids is 1. The number of hydrogen-bond acceptors (Lipinski definition) is 2. The van der Waals surface area contributed by atoms with Crippen molar-refractivity contribution in [2.24, 2.45) is 0 Å². The smallest absolute Gasteiger partial charge is 0.150 e. The first kappa shape index (κ1) is 14.3. The molecule has 0 spiro atoms. The van der Waals surface area contributed by atoms with Crippen molar-refractivity contribution in [1.29, 1.82) is 0 Å². The number of rotatable bonds is 7. The van der Waals surface area contributed by atoms with Crippen molar-refractivity contribution in [1.82, 2.24) is 0 Å². The fraction of sp³-hybridized carbons (Fsp3) is 0.278. The van der Waals surface area contributed by atoms with Crippen LogP contribution in [0.25, 0.3) is 0 Å². The summed E-state index contributed by atoms with van der Waals surface area (Å²) in [5.41, 5.74) is 3.20. The van der Waals surface area contributed by atoms with E-state index in [0.29, 0.717) is 12.2 Å². The van der Waals surface area contributed by atoms with Crippen LogP contribution in [0.1, 0.15) is 41.3 Å². The molecule has 2 rings (SSSR count). The minimum Gasteiger partial charge on any atom is -0.489 e. The van der Waals surface area contributed by atoms with Crippen molar-refractivity contribution in [3.05, 3.63) is 65.2 Å². The minimum absolute atomic E-state index is 0.550. The Hall–Kier alpha value is -2.09. The lowest BCUT2D eigenvalue weighted by Crippen LogP contribution is -1.96. The summed E-state index contributed by atoms with van der Waals surface area (Å²) in [6.45, 7) is 2.76. The molecule has 0 heterocycles. The van der Waals surface area contributed by atoms with Crippen LogP contribution < -0.4 is 4.74 Å². The van der Waals surface area contributed by atoms with Gasteiger partial charge in [-0.3, -0.25) is 4.79 Å². The predicted molar refractivity (Wildman–Crippen MR) is 81.2 cm³/mol. The Kier molecular flexibility index (Phi) is 5.36. The van der Waals surface area contributed by atoms with Crippen LogP contribution in [0, 0.1) is 0 Å². The van der Waals surface area contributed by atoms with Gasteiger partial charge in [0.2, 0.25) is 0 Å². The molecule has 0 aliphatic carbocycles. The molecule has 0 aromatic heterocycles. The largest absolute Gasteiger partial charge is 0.489 e. The van der Waals surface area contributed by atoms with Gasteiger partial charge in [0, 0.05) is 5.56 Å². The molecule has 0 saturated heterocycles.